The van der Waals surface area contributed by atoms with Gasteiger partial charge in [0.2, 0.25) is 11.6 Å². The van der Waals surface area contributed by atoms with Crippen molar-refractivity contribution in [2.24, 2.45) is 10.2 Å². The van der Waals surface area contributed by atoms with E-state index in [0.717, 1.165) is 58.3 Å². The SMILES string of the molecule is O=C1C(S(=O)(=O)O)=Cc2cc(S(=O)(=O)O)ccc2/C1=N/Nc1ccc(C(=O)Nc2ccc(Sc3ccc(N/N=C4/C(=O)C(S(=O)(=O)O)=Cc5cc(S(=O)(=O)O)ccc54)cc3)cc2)cc1. The molecule has 20 nitrogen and oxygen atoms in total. The van der Waals surface area contributed by atoms with Gasteiger partial charge in [-0.15, -0.1) is 0 Å². The van der Waals surface area contributed by atoms with Crippen LogP contribution >= 0.6 is 11.8 Å². The summed E-state index contributed by atoms with van der Waals surface area (Å²) in [4.78, 5) is 37.3. The van der Waals surface area contributed by atoms with E-state index in [4.69, 9.17) is 0 Å². The predicted octanol–water partition coefficient (Wildman–Crippen LogP) is 4.84. The Hall–Kier alpha value is -6.68. The van der Waals surface area contributed by atoms with E-state index in [1.54, 1.807) is 48.5 Å². The van der Waals surface area contributed by atoms with Gasteiger partial charge < -0.3 is 5.32 Å². The number of fused-ring (bicyclic) bond motifs is 2. The van der Waals surface area contributed by atoms with Crippen LogP contribution in [-0.4, -0.2) is 80.8 Å². The number of carbonyl (C=O) groups excluding carboxylic acids is 3. The molecule has 0 aliphatic heterocycles. The number of nitrogens with one attached hydrogen (secondary N) is 3. The average molecular weight is 966 g/mol. The maximum atomic E-state index is 13.0. The first-order valence-electron chi connectivity index (χ1n) is 17.6. The molecule has 0 atom stereocenters. The van der Waals surface area contributed by atoms with Crippen molar-refractivity contribution in [1.29, 1.82) is 0 Å². The smallest absolute Gasteiger partial charge is 0.298 e. The van der Waals surface area contributed by atoms with Crippen molar-refractivity contribution in [3.63, 3.8) is 0 Å². The number of ketones is 2. The molecule has 2 aliphatic carbocycles. The molecule has 0 spiro atoms. The van der Waals surface area contributed by atoms with E-state index in [9.17, 15) is 66.3 Å². The molecule has 328 valence electrons. The van der Waals surface area contributed by atoms with Crippen molar-refractivity contribution in [3.05, 3.63) is 147 Å². The minimum absolute atomic E-state index is 0.00222. The van der Waals surface area contributed by atoms with Gasteiger partial charge in [0.1, 0.15) is 21.2 Å². The predicted molar refractivity (Wildman–Crippen MR) is 233 cm³/mol. The van der Waals surface area contributed by atoms with E-state index in [-0.39, 0.29) is 33.5 Å². The number of hydrazone groups is 2. The van der Waals surface area contributed by atoms with Gasteiger partial charge in [0.05, 0.1) is 21.2 Å². The fraction of sp³-hybridized carbons (Fsp3) is 0. The number of nitrogens with zero attached hydrogens (tertiary/aromatic N) is 2. The minimum Gasteiger partial charge on any atom is -0.322 e. The van der Waals surface area contributed by atoms with Gasteiger partial charge in [-0.3, -0.25) is 43.4 Å². The minimum atomic E-state index is -5.06. The van der Waals surface area contributed by atoms with Gasteiger partial charge in [0, 0.05) is 32.2 Å². The number of amides is 1. The number of hydrogen-bond donors (Lipinski definition) is 7. The Morgan fingerprint density at radius 1 is 0.484 bits per heavy atom. The lowest BCUT2D eigenvalue weighted by Crippen LogP contribution is -2.27. The molecule has 0 saturated heterocycles. The fourth-order valence-corrected chi connectivity index (χ4v) is 9.11. The highest BCUT2D eigenvalue weighted by Gasteiger charge is 2.35. The molecule has 1 amide bonds. The van der Waals surface area contributed by atoms with Crippen molar-refractivity contribution in [2.45, 2.75) is 19.6 Å². The Bertz CT molecular complexity index is 3410. The van der Waals surface area contributed by atoms with Crippen LogP contribution in [0.4, 0.5) is 17.1 Å². The Morgan fingerprint density at radius 2 is 0.859 bits per heavy atom. The summed E-state index contributed by atoms with van der Waals surface area (Å²) in [5.41, 5.74) is 5.39. The first-order valence-corrected chi connectivity index (χ1v) is 24.2. The number of rotatable bonds is 12. The lowest BCUT2D eigenvalue weighted by molar-refractivity contribution is -0.110. The van der Waals surface area contributed by atoms with Crippen molar-refractivity contribution in [1.82, 2.24) is 0 Å². The third-order valence-electron chi connectivity index (χ3n) is 9.10. The molecule has 0 bridgehead atoms. The molecule has 2 aliphatic rings. The summed E-state index contributed by atoms with van der Waals surface area (Å²) in [6.07, 6.45) is 1.54. The zero-order valence-electron chi connectivity index (χ0n) is 31.8. The van der Waals surface area contributed by atoms with E-state index >= 15 is 0 Å². The highest BCUT2D eigenvalue weighted by atomic mass is 32.2. The molecular weight excluding hydrogens is 939 g/mol. The third kappa shape index (κ3) is 10.1. The van der Waals surface area contributed by atoms with Crippen LogP contribution in [0.2, 0.25) is 0 Å². The normalized spacial score (nSPS) is 15.5. The summed E-state index contributed by atoms with van der Waals surface area (Å²) in [7, 11) is -19.5. The summed E-state index contributed by atoms with van der Waals surface area (Å²) >= 11 is 1.36. The summed E-state index contributed by atoms with van der Waals surface area (Å²) in [6.45, 7) is 0. The molecule has 0 radical (unpaired) electrons. The topological polar surface area (TPSA) is 330 Å². The van der Waals surface area contributed by atoms with Crippen molar-refractivity contribution in [2.75, 3.05) is 16.2 Å². The van der Waals surface area contributed by atoms with Gasteiger partial charge in [-0.25, -0.2) is 0 Å². The largest absolute Gasteiger partial charge is 0.322 e. The molecule has 5 aromatic carbocycles. The number of carbonyl (C=O) groups is 3. The van der Waals surface area contributed by atoms with Crippen LogP contribution in [0.25, 0.3) is 12.2 Å². The van der Waals surface area contributed by atoms with Crippen molar-refractivity contribution in [3.8, 4) is 0 Å². The second-order valence-electron chi connectivity index (χ2n) is 13.4. The fourth-order valence-electron chi connectivity index (χ4n) is 6.05. The van der Waals surface area contributed by atoms with E-state index in [1.807, 2.05) is 0 Å². The van der Waals surface area contributed by atoms with E-state index in [0.29, 0.717) is 11.4 Å². The van der Waals surface area contributed by atoms with Crippen LogP contribution in [-0.2, 0) is 50.1 Å². The molecule has 0 heterocycles. The summed E-state index contributed by atoms with van der Waals surface area (Å²) in [5.74, 6) is -2.82. The molecule has 0 unspecified atom stereocenters. The highest BCUT2D eigenvalue weighted by Crippen LogP contribution is 2.32. The highest BCUT2D eigenvalue weighted by molar-refractivity contribution is 7.99. The molecule has 7 N–H and O–H groups in total. The number of benzene rings is 5. The molecule has 7 rings (SSSR count). The van der Waals surface area contributed by atoms with Crippen LogP contribution in [0.1, 0.15) is 32.6 Å². The summed E-state index contributed by atoms with van der Waals surface area (Å²) in [6, 6.07) is 25.4. The number of anilines is 3. The maximum absolute atomic E-state index is 13.0. The molecule has 64 heavy (non-hydrogen) atoms. The number of allylic oxidation sites excluding steroid dienone is 2. The Morgan fingerprint density at radius 3 is 1.23 bits per heavy atom. The standard InChI is InChI=1S/C39H27N5O15S5/c45-37-33(63(54,55)56)19-22-17-29(61(48,49)50)13-15-31(22)35(37)43-41-25-3-1-21(2-4-25)39(47)40-24-5-9-27(10-6-24)60-28-11-7-26(8-12-28)42-44-36-32-16-14-30(62(51,52)53)18-23(32)20-34(38(36)46)64(57,58)59/h1-20,41-42H,(H,40,47)(H,48,49,50)(H,51,52,53)(H,54,55,56)(H,57,58,59)/b43-35-,44-36+. The molecule has 0 fully saturated rings. The average Bonchev–Trinajstić information content (AvgIpc) is 3.22. The van der Waals surface area contributed by atoms with Crippen LogP contribution < -0.4 is 16.2 Å². The van der Waals surface area contributed by atoms with Gasteiger partial charge in [0.15, 0.2) is 0 Å². The number of Topliss-reactive ketones (excluding diaryl/α,β-unsaturated/α-hetero) is 2. The van der Waals surface area contributed by atoms with E-state index < -0.39 is 89.0 Å². The van der Waals surface area contributed by atoms with Crippen LogP contribution in [0, 0.1) is 0 Å². The van der Waals surface area contributed by atoms with Crippen LogP contribution in [0.3, 0.4) is 0 Å². The first kappa shape index (κ1) is 45.3. The number of hydrogen-bond acceptors (Lipinski definition) is 16. The van der Waals surface area contributed by atoms with Gasteiger partial charge in [0.25, 0.3) is 46.4 Å². The van der Waals surface area contributed by atoms with Gasteiger partial charge in [-0.2, -0.15) is 43.9 Å². The summed E-state index contributed by atoms with van der Waals surface area (Å²) in [5, 5.41) is 10.8. The van der Waals surface area contributed by atoms with Crippen molar-refractivity contribution >= 4 is 110 Å². The van der Waals surface area contributed by atoms with Gasteiger partial charge in [-0.1, -0.05) is 23.9 Å². The zero-order chi connectivity index (χ0) is 46.4. The Labute approximate surface area is 367 Å². The summed E-state index contributed by atoms with van der Waals surface area (Å²) < 4.78 is 132. The molecule has 5 aromatic rings. The van der Waals surface area contributed by atoms with Crippen LogP contribution in [0.15, 0.2) is 149 Å². The second-order valence-corrected chi connectivity index (χ2v) is 20.2. The van der Waals surface area contributed by atoms with Gasteiger partial charge >= 0.3 is 0 Å². The van der Waals surface area contributed by atoms with Crippen LogP contribution in [0.5, 0.6) is 0 Å². The first-order chi connectivity index (χ1) is 30.0. The molecule has 25 heteroatoms. The third-order valence-corrected chi connectivity index (χ3v) is 13.5. The monoisotopic (exact) mass is 965 g/mol. The molecular formula is C39H27N5O15S5. The van der Waals surface area contributed by atoms with E-state index in [1.165, 1.54) is 36.0 Å². The Balaban J connectivity index is 0.976. The lowest BCUT2D eigenvalue weighted by Gasteiger charge is -2.17. The van der Waals surface area contributed by atoms with E-state index in [2.05, 4.69) is 26.4 Å². The second kappa shape index (κ2) is 17.1. The quantitative estimate of drug-likeness (QED) is 0.0650. The maximum Gasteiger partial charge on any atom is 0.298 e. The molecule has 0 saturated carbocycles. The zero-order valence-corrected chi connectivity index (χ0v) is 35.8. The Kier molecular flexibility index (Phi) is 12.1. The molecule has 0 aromatic heterocycles. The van der Waals surface area contributed by atoms with Crippen molar-refractivity contribution < 1.29 is 66.3 Å². The van der Waals surface area contributed by atoms with Gasteiger partial charge in [-0.05, 0) is 120 Å². The lowest BCUT2D eigenvalue weighted by atomic mass is 9.94.